The van der Waals surface area contributed by atoms with Gasteiger partial charge in [-0.05, 0) is 12.3 Å². The highest BCUT2D eigenvalue weighted by Gasteiger charge is 2.32. The molecule has 0 radical (unpaired) electrons. The summed E-state index contributed by atoms with van der Waals surface area (Å²) in [4.78, 5) is 20.0. The second-order valence-corrected chi connectivity index (χ2v) is 4.94. The summed E-state index contributed by atoms with van der Waals surface area (Å²) in [6.07, 6.45) is 2.16. The van der Waals surface area contributed by atoms with Crippen molar-refractivity contribution in [1.82, 2.24) is 9.97 Å². The minimum Gasteiger partial charge on any atom is -0.379 e. The second-order valence-electron chi connectivity index (χ2n) is 4.58. The fraction of sp³-hybridized carbons (Fsp3) is 0.636. The molecule has 0 amide bonds. The van der Waals surface area contributed by atoms with E-state index in [2.05, 4.69) is 16.9 Å². The summed E-state index contributed by atoms with van der Waals surface area (Å²) in [6, 6.07) is 0. The van der Waals surface area contributed by atoms with Gasteiger partial charge in [0.05, 0.1) is 11.0 Å². The maximum atomic E-state index is 11.1. The molecule has 0 saturated carbocycles. The van der Waals surface area contributed by atoms with Gasteiger partial charge in [-0.25, -0.2) is 9.97 Å². The van der Waals surface area contributed by atoms with Crippen LogP contribution in [0.2, 0.25) is 5.15 Å². The van der Waals surface area contributed by atoms with Gasteiger partial charge >= 0.3 is 5.69 Å². The lowest BCUT2D eigenvalue weighted by atomic mass is 9.96. The average Bonchev–Trinajstić information content (AvgIpc) is 2.38. The third kappa shape index (κ3) is 2.76. The van der Waals surface area contributed by atoms with Gasteiger partial charge in [-0.1, -0.05) is 18.5 Å². The van der Waals surface area contributed by atoms with Crippen molar-refractivity contribution in [3.63, 3.8) is 0 Å². The van der Waals surface area contributed by atoms with Crippen LogP contribution in [0.1, 0.15) is 13.3 Å². The van der Waals surface area contributed by atoms with Crippen molar-refractivity contribution in [1.29, 1.82) is 0 Å². The predicted octanol–water partition coefficient (Wildman–Crippen LogP) is 1.90. The number of ether oxygens (including phenoxy) is 1. The molecular formula is C11H15ClN4O3. The summed E-state index contributed by atoms with van der Waals surface area (Å²) in [5.74, 6) is 0.677. The van der Waals surface area contributed by atoms with E-state index >= 15 is 0 Å². The first kappa shape index (κ1) is 14.0. The van der Waals surface area contributed by atoms with Crippen molar-refractivity contribution >= 4 is 23.1 Å². The Labute approximate surface area is 115 Å². The molecule has 1 aliphatic rings. The van der Waals surface area contributed by atoms with E-state index in [1.165, 1.54) is 6.33 Å². The van der Waals surface area contributed by atoms with Gasteiger partial charge in [-0.3, -0.25) is 10.1 Å². The Morgan fingerprint density at radius 1 is 1.58 bits per heavy atom. The van der Waals surface area contributed by atoms with Crippen molar-refractivity contribution in [2.45, 2.75) is 19.4 Å². The van der Waals surface area contributed by atoms with Gasteiger partial charge < -0.3 is 9.64 Å². The second kappa shape index (κ2) is 5.66. The van der Waals surface area contributed by atoms with Crippen LogP contribution >= 0.6 is 11.6 Å². The molecule has 2 rings (SSSR count). The fourth-order valence-electron chi connectivity index (χ4n) is 2.27. The highest BCUT2D eigenvalue weighted by Crippen LogP contribution is 2.33. The molecule has 1 aromatic rings. The molecule has 0 aliphatic carbocycles. The monoisotopic (exact) mass is 286 g/mol. The molecule has 1 aliphatic heterocycles. The SMILES string of the molecule is COC1CN(c2ncnc(Cl)c2[N+](=O)[O-])CCC1C. The smallest absolute Gasteiger partial charge is 0.348 e. The number of hydrogen-bond donors (Lipinski definition) is 0. The molecule has 2 unspecified atom stereocenters. The topological polar surface area (TPSA) is 81.4 Å². The highest BCUT2D eigenvalue weighted by molar-refractivity contribution is 6.31. The van der Waals surface area contributed by atoms with E-state index in [9.17, 15) is 10.1 Å². The van der Waals surface area contributed by atoms with Crippen LogP contribution in [0.5, 0.6) is 0 Å². The molecule has 7 nitrogen and oxygen atoms in total. The van der Waals surface area contributed by atoms with Gasteiger partial charge in [0.15, 0.2) is 0 Å². The largest absolute Gasteiger partial charge is 0.379 e. The number of hydrogen-bond acceptors (Lipinski definition) is 6. The van der Waals surface area contributed by atoms with Gasteiger partial charge in [0, 0.05) is 20.2 Å². The molecule has 0 N–H and O–H groups in total. The van der Waals surface area contributed by atoms with E-state index in [0.717, 1.165) is 6.42 Å². The van der Waals surface area contributed by atoms with Crippen molar-refractivity contribution < 1.29 is 9.66 Å². The quantitative estimate of drug-likeness (QED) is 0.479. The van der Waals surface area contributed by atoms with Crippen LogP contribution in [-0.4, -0.2) is 41.2 Å². The zero-order chi connectivity index (χ0) is 14.0. The predicted molar refractivity (Wildman–Crippen MR) is 70.5 cm³/mol. The third-order valence-electron chi connectivity index (χ3n) is 3.43. The summed E-state index contributed by atoms with van der Waals surface area (Å²) in [6.45, 7) is 3.36. The summed E-state index contributed by atoms with van der Waals surface area (Å²) in [5, 5.41) is 10.9. The maximum Gasteiger partial charge on any atom is 0.348 e. The lowest BCUT2D eigenvalue weighted by Crippen LogP contribution is -2.44. The van der Waals surface area contributed by atoms with Crippen LogP contribution < -0.4 is 4.90 Å². The van der Waals surface area contributed by atoms with E-state index in [1.807, 2.05) is 4.90 Å². The summed E-state index contributed by atoms with van der Waals surface area (Å²) < 4.78 is 5.40. The Balaban J connectivity index is 2.32. The Kier molecular flexibility index (Phi) is 4.16. The molecule has 0 bridgehead atoms. The van der Waals surface area contributed by atoms with Crippen molar-refractivity contribution in [3.8, 4) is 0 Å². The Hall–Kier alpha value is -1.47. The van der Waals surface area contributed by atoms with Crippen LogP contribution in [0.3, 0.4) is 0 Å². The van der Waals surface area contributed by atoms with Crippen LogP contribution in [-0.2, 0) is 4.74 Å². The van der Waals surface area contributed by atoms with Gasteiger partial charge in [0.25, 0.3) is 0 Å². The molecule has 2 heterocycles. The number of anilines is 1. The summed E-state index contributed by atoms with van der Waals surface area (Å²) in [7, 11) is 1.64. The number of nitro groups is 1. The first-order chi connectivity index (χ1) is 9.04. The zero-order valence-corrected chi connectivity index (χ0v) is 11.5. The molecule has 104 valence electrons. The fourth-order valence-corrected chi connectivity index (χ4v) is 2.47. The Bertz CT molecular complexity index is 485. The molecule has 1 aromatic heterocycles. The van der Waals surface area contributed by atoms with Crippen molar-refractivity contribution in [2.24, 2.45) is 5.92 Å². The molecular weight excluding hydrogens is 272 g/mol. The summed E-state index contributed by atoms with van der Waals surface area (Å²) >= 11 is 5.79. The molecule has 19 heavy (non-hydrogen) atoms. The van der Waals surface area contributed by atoms with E-state index < -0.39 is 4.92 Å². The molecule has 0 aromatic carbocycles. The van der Waals surface area contributed by atoms with Crippen molar-refractivity contribution in [2.75, 3.05) is 25.1 Å². The third-order valence-corrected chi connectivity index (χ3v) is 3.71. The van der Waals surface area contributed by atoms with Crippen LogP contribution in [0.4, 0.5) is 11.5 Å². The van der Waals surface area contributed by atoms with Crippen molar-refractivity contribution in [3.05, 3.63) is 21.6 Å². The van der Waals surface area contributed by atoms with Gasteiger partial charge in [0.2, 0.25) is 11.0 Å². The first-order valence-corrected chi connectivity index (χ1v) is 6.35. The average molecular weight is 287 g/mol. The number of nitrogens with zero attached hydrogens (tertiary/aromatic N) is 4. The molecule has 1 fully saturated rings. The summed E-state index contributed by atoms with van der Waals surface area (Å²) in [5.41, 5.74) is -0.242. The lowest BCUT2D eigenvalue weighted by Gasteiger charge is -2.36. The van der Waals surface area contributed by atoms with E-state index in [0.29, 0.717) is 19.0 Å². The normalized spacial score (nSPS) is 23.4. The van der Waals surface area contributed by atoms with Gasteiger partial charge in [0.1, 0.15) is 6.33 Å². The Morgan fingerprint density at radius 3 is 2.95 bits per heavy atom. The first-order valence-electron chi connectivity index (χ1n) is 5.97. The minimum atomic E-state index is -0.544. The number of rotatable bonds is 3. The minimum absolute atomic E-state index is 0.0297. The van der Waals surface area contributed by atoms with Crippen LogP contribution in [0, 0.1) is 16.0 Å². The lowest BCUT2D eigenvalue weighted by molar-refractivity contribution is -0.384. The highest BCUT2D eigenvalue weighted by atomic mass is 35.5. The van der Waals surface area contributed by atoms with Crippen LogP contribution in [0.25, 0.3) is 0 Å². The molecule has 2 atom stereocenters. The molecule has 0 spiro atoms. The molecule has 8 heteroatoms. The van der Waals surface area contributed by atoms with Gasteiger partial charge in [-0.15, -0.1) is 0 Å². The van der Waals surface area contributed by atoms with E-state index in [-0.39, 0.29) is 22.8 Å². The molecule has 1 saturated heterocycles. The number of piperidine rings is 1. The maximum absolute atomic E-state index is 11.1. The zero-order valence-electron chi connectivity index (χ0n) is 10.7. The van der Waals surface area contributed by atoms with Crippen LogP contribution in [0.15, 0.2) is 6.33 Å². The number of halogens is 1. The number of methoxy groups -OCH3 is 1. The van der Waals surface area contributed by atoms with E-state index in [1.54, 1.807) is 7.11 Å². The number of aromatic nitrogens is 2. The standard InChI is InChI=1S/C11H15ClN4O3/c1-7-3-4-15(5-8(7)19-2)11-9(16(17)18)10(12)13-6-14-11/h6-8H,3-5H2,1-2H3. The van der Waals surface area contributed by atoms with Gasteiger partial charge in [-0.2, -0.15) is 0 Å². The Morgan fingerprint density at radius 2 is 2.32 bits per heavy atom. The van der Waals surface area contributed by atoms with E-state index in [4.69, 9.17) is 16.3 Å².